The Morgan fingerprint density at radius 1 is 1.27 bits per heavy atom. The zero-order valence-corrected chi connectivity index (χ0v) is 6.47. The fourth-order valence-electron chi connectivity index (χ4n) is 1.76. The molecule has 0 unspecified atom stereocenters. The van der Waals surface area contributed by atoms with E-state index in [1.165, 1.54) is 0 Å². The zero-order valence-electron chi connectivity index (χ0n) is 6.47. The smallest absolute Gasteiger partial charge is 0.161 e. The van der Waals surface area contributed by atoms with Crippen LogP contribution in [0.1, 0.15) is 19.3 Å². The first-order valence-electron chi connectivity index (χ1n) is 4.04. The van der Waals surface area contributed by atoms with E-state index in [9.17, 15) is 4.79 Å². The van der Waals surface area contributed by atoms with E-state index in [2.05, 4.69) is 0 Å². The van der Waals surface area contributed by atoms with Gasteiger partial charge < -0.3 is 9.47 Å². The van der Waals surface area contributed by atoms with Gasteiger partial charge in [-0.25, -0.2) is 0 Å². The number of carbonyl (C=O) groups is 1. The maximum absolute atomic E-state index is 11.0. The first kappa shape index (κ1) is 7.25. The summed E-state index contributed by atoms with van der Waals surface area (Å²) in [4.78, 5) is 11.0. The second-order valence-corrected chi connectivity index (χ2v) is 3.30. The summed E-state index contributed by atoms with van der Waals surface area (Å²) in [5, 5.41) is 0. The first-order chi connectivity index (χ1) is 5.31. The second kappa shape index (κ2) is 2.57. The van der Waals surface area contributed by atoms with Crippen molar-refractivity contribution < 1.29 is 14.3 Å². The van der Waals surface area contributed by atoms with Crippen LogP contribution in [-0.2, 0) is 14.3 Å². The van der Waals surface area contributed by atoms with Crippen molar-refractivity contribution >= 4 is 5.78 Å². The highest BCUT2D eigenvalue weighted by atomic mass is 16.5. The molecule has 62 valence electrons. The van der Waals surface area contributed by atoms with Crippen LogP contribution in [0.15, 0.2) is 0 Å². The van der Waals surface area contributed by atoms with Crippen molar-refractivity contribution in [3.63, 3.8) is 0 Å². The van der Waals surface area contributed by atoms with Gasteiger partial charge in [-0.3, -0.25) is 4.79 Å². The Morgan fingerprint density at radius 2 is 2.00 bits per heavy atom. The van der Waals surface area contributed by atoms with Gasteiger partial charge in [0, 0.05) is 32.5 Å². The summed E-state index contributed by atoms with van der Waals surface area (Å²) in [7, 11) is 0. The van der Waals surface area contributed by atoms with Crippen molar-refractivity contribution in [3.8, 4) is 0 Å². The minimum atomic E-state index is -0.130. The Labute approximate surface area is 65.7 Å². The number of carbonyl (C=O) groups excluding carboxylic acids is 1. The quantitative estimate of drug-likeness (QED) is 0.513. The number of ether oxygens (including phenoxy) is 2. The summed E-state index contributed by atoms with van der Waals surface area (Å²) >= 11 is 0. The van der Waals surface area contributed by atoms with Gasteiger partial charge in [0.1, 0.15) is 6.61 Å². The summed E-state index contributed by atoms with van der Waals surface area (Å²) in [5.41, 5.74) is -0.130. The molecule has 2 rings (SSSR count). The fraction of sp³-hybridized carbons (Fsp3) is 0.875. The largest absolute Gasteiger partial charge is 0.381 e. The van der Waals surface area contributed by atoms with E-state index in [4.69, 9.17) is 9.47 Å². The molecule has 1 spiro atoms. The van der Waals surface area contributed by atoms with Crippen LogP contribution in [-0.4, -0.2) is 31.2 Å². The average Bonchev–Trinajstić information content (AvgIpc) is 2.34. The van der Waals surface area contributed by atoms with Crippen LogP contribution >= 0.6 is 0 Å². The molecule has 3 nitrogen and oxygen atoms in total. The highest BCUT2D eigenvalue weighted by molar-refractivity contribution is 5.82. The Bertz CT molecular complexity index is 170. The van der Waals surface area contributed by atoms with Crippen LogP contribution in [0.5, 0.6) is 0 Å². The third-order valence-corrected chi connectivity index (χ3v) is 2.46. The Hall–Kier alpha value is -0.410. The predicted octanol–water partition coefficient (Wildman–Crippen LogP) is 0.525. The molecular weight excluding hydrogens is 144 g/mol. The van der Waals surface area contributed by atoms with E-state index in [-0.39, 0.29) is 11.4 Å². The van der Waals surface area contributed by atoms with Crippen LogP contribution in [0.25, 0.3) is 0 Å². The summed E-state index contributed by atoms with van der Waals surface area (Å²) in [6.07, 6.45) is 2.38. The molecule has 2 heterocycles. The number of hydrogen-bond acceptors (Lipinski definition) is 3. The highest BCUT2D eigenvalue weighted by Crippen LogP contribution is 2.32. The van der Waals surface area contributed by atoms with Crippen molar-refractivity contribution in [3.05, 3.63) is 0 Å². The molecule has 3 heteroatoms. The Balaban J connectivity index is 2.03. The second-order valence-electron chi connectivity index (χ2n) is 3.30. The summed E-state index contributed by atoms with van der Waals surface area (Å²) < 4.78 is 10.7. The molecule has 2 saturated heterocycles. The molecule has 0 bridgehead atoms. The van der Waals surface area contributed by atoms with Crippen LogP contribution < -0.4 is 0 Å². The Morgan fingerprint density at radius 3 is 2.55 bits per heavy atom. The SMILES string of the molecule is O=C1COC2(CCOCC2)C1. The maximum atomic E-state index is 11.0. The molecule has 2 aliphatic heterocycles. The fourth-order valence-corrected chi connectivity index (χ4v) is 1.76. The molecule has 0 aromatic rings. The lowest BCUT2D eigenvalue weighted by atomic mass is 9.91. The molecule has 0 saturated carbocycles. The van der Waals surface area contributed by atoms with Crippen molar-refractivity contribution in [2.45, 2.75) is 24.9 Å². The number of ketones is 1. The van der Waals surface area contributed by atoms with E-state index in [1.807, 2.05) is 0 Å². The highest BCUT2D eigenvalue weighted by Gasteiger charge is 2.40. The molecule has 2 fully saturated rings. The molecule has 0 N–H and O–H groups in total. The van der Waals surface area contributed by atoms with Crippen molar-refractivity contribution in [2.75, 3.05) is 19.8 Å². The van der Waals surface area contributed by atoms with Crippen LogP contribution in [0.2, 0.25) is 0 Å². The first-order valence-corrected chi connectivity index (χ1v) is 4.04. The minimum absolute atomic E-state index is 0.130. The number of Topliss-reactive ketones (excluding diaryl/α,β-unsaturated/α-hetero) is 1. The van der Waals surface area contributed by atoms with E-state index in [1.54, 1.807) is 0 Å². The molecule has 0 atom stereocenters. The van der Waals surface area contributed by atoms with E-state index in [0.717, 1.165) is 26.1 Å². The maximum Gasteiger partial charge on any atom is 0.161 e. The van der Waals surface area contributed by atoms with Gasteiger partial charge in [-0.15, -0.1) is 0 Å². The van der Waals surface area contributed by atoms with Gasteiger partial charge in [0.05, 0.1) is 5.60 Å². The van der Waals surface area contributed by atoms with E-state index in [0.29, 0.717) is 13.0 Å². The summed E-state index contributed by atoms with van der Waals surface area (Å²) in [6, 6.07) is 0. The molecule has 0 radical (unpaired) electrons. The molecule has 0 aromatic carbocycles. The Kier molecular flexibility index (Phi) is 1.69. The van der Waals surface area contributed by atoms with Gasteiger partial charge in [0.2, 0.25) is 0 Å². The van der Waals surface area contributed by atoms with Crippen LogP contribution in [0.3, 0.4) is 0 Å². The van der Waals surface area contributed by atoms with E-state index >= 15 is 0 Å². The van der Waals surface area contributed by atoms with Gasteiger partial charge in [-0.2, -0.15) is 0 Å². The minimum Gasteiger partial charge on any atom is -0.381 e. The lowest BCUT2D eigenvalue weighted by Gasteiger charge is -2.31. The van der Waals surface area contributed by atoms with Gasteiger partial charge >= 0.3 is 0 Å². The van der Waals surface area contributed by atoms with Gasteiger partial charge in [0.25, 0.3) is 0 Å². The van der Waals surface area contributed by atoms with Crippen LogP contribution in [0.4, 0.5) is 0 Å². The number of hydrogen-bond donors (Lipinski definition) is 0. The van der Waals surface area contributed by atoms with Gasteiger partial charge in [-0.1, -0.05) is 0 Å². The standard InChI is InChI=1S/C8H12O3/c9-7-5-8(11-6-7)1-3-10-4-2-8/h1-6H2. The monoisotopic (exact) mass is 156 g/mol. The molecular formula is C8H12O3. The molecule has 2 aliphatic rings. The lowest BCUT2D eigenvalue weighted by Crippen LogP contribution is -2.35. The van der Waals surface area contributed by atoms with Crippen molar-refractivity contribution in [2.24, 2.45) is 0 Å². The normalized spacial score (nSPS) is 29.6. The zero-order chi connectivity index (χ0) is 7.73. The molecule has 11 heavy (non-hydrogen) atoms. The van der Waals surface area contributed by atoms with Crippen LogP contribution in [0, 0.1) is 0 Å². The third-order valence-electron chi connectivity index (χ3n) is 2.46. The molecule has 0 aromatic heterocycles. The van der Waals surface area contributed by atoms with Gasteiger partial charge in [-0.05, 0) is 0 Å². The number of rotatable bonds is 0. The van der Waals surface area contributed by atoms with E-state index < -0.39 is 0 Å². The van der Waals surface area contributed by atoms with Crippen molar-refractivity contribution in [1.29, 1.82) is 0 Å². The topological polar surface area (TPSA) is 35.5 Å². The molecule has 0 aliphatic carbocycles. The summed E-state index contributed by atoms with van der Waals surface area (Å²) in [6.45, 7) is 1.81. The third kappa shape index (κ3) is 1.30. The van der Waals surface area contributed by atoms with Gasteiger partial charge in [0.15, 0.2) is 5.78 Å². The van der Waals surface area contributed by atoms with Crippen molar-refractivity contribution in [1.82, 2.24) is 0 Å². The molecule has 0 amide bonds. The lowest BCUT2D eigenvalue weighted by molar-refractivity contribution is -0.118. The average molecular weight is 156 g/mol. The summed E-state index contributed by atoms with van der Waals surface area (Å²) in [5.74, 6) is 0.243. The predicted molar refractivity (Wildman–Crippen MR) is 38.4 cm³/mol.